The molecule has 0 fully saturated rings. The summed E-state index contributed by atoms with van der Waals surface area (Å²) in [5.74, 6) is 0.794. The predicted molar refractivity (Wildman–Crippen MR) is 68.5 cm³/mol. The Morgan fingerprint density at radius 3 is 2.71 bits per heavy atom. The van der Waals surface area contributed by atoms with E-state index in [2.05, 4.69) is 4.98 Å². The maximum Gasteiger partial charge on any atom is 0.251 e. The average Bonchev–Trinajstić information content (AvgIpc) is 2.30. The molecule has 1 heterocycles. The van der Waals surface area contributed by atoms with Crippen molar-refractivity contribution >= 4 is 12.2 Å². The van der Waals surface area contributed by atoms with Gasteiger partial charge in [0.2, 0.25) is 0 Å². The molecule has 2 aromatic rings. The van der Waals surface area contributed by atoms with Crippen molar-refractivity contribution < 1.29 is 4.74 Å². The number of rotatable bonds is 2. The van der Waals surface area contributed by atoms with Crippen molar-refractivity contribution in [3.63, 3.8) is 0 Å². The minimum atomic E-state index is -0.197. The third-order valence-electron chi connectivity index (χ3n) is 2.49. The summed E-state index contributed by atoms with van der Waals surface area (Å²) in [5.41, 5.74) is 1.75. The molecular formula is C12H12N2O2S. The van der Waals surface area contributed by atoms with E-state index in [1.807, 2.05) is 25.1 Å². The number of H-pyrrole nitrogens is 1. The first-order valence-electron chi connectivity index (χ1n) is 5.09. The molecule has 5 heteroatoms. The van der Waals surface area contributed by atoms with Crippen molar-refractivity contribution in [2.45, 2.75) is 6.92 Å². The van der Waals surface area contributed by atoms with Crippen LogP contribution in [0.15, 0.2) is 35.3 Å². The molecule has 0 saturated carbocycles. The third kappa shape index (κ3) is 2.29. The molecule has 4 nitrogen and oxygen atoms in total. The highest BCUT2D eigenvalue weighted by atomic mass is 32.1. The smallest absolute Gasteiger partial charge is 0.251 e. The van der Waals surface area contributed by atoms with Gasteiger partial charge in [-0.25, -0.2) is 0 Å². The van der Waals surface area contributed by atoms with E-state index in [0.29, 0.717) is 4.77 Å². The first-order valence-corrected chi connectivity index (χ1v) is 5.49. The van der Waals surface area contributed by atoms with Gasteiger partial charge in [0.05, 0.1) is 12.8 Å². The topological polar surface area (TPSA) is 47.0 Å². The number of hydrogen-bond acceptors (Lipinski definition) is 3. The highest BCUT2D eigenvalue weighted by Gasteiger charge is 2.03. The van der Waals surface area contributed by atoms with E-state index in [9.17, 15) is 4.79 Å². The lowest BCUT2D eigenvalue weighted by molar-refractivity contribution is 0.414. The molecular weight excluding hydrogens is 236 g/mol. The SMILES string of the molecule is COc1ccc(-n2ccc(=O)[nH]c2=S)c(C)c1. The van der Waals surface area contributed by atoms with Crippen LogP contribution in [0.4, 0.5) is 0 Å². The minimum absolute atomic E-state index is 0.197. The van der Waals surface area contributed by atoms with Crippen LogP contribution in [0.25, 0.3) is 5.69 Å². The molecule has 17 heavy (non-hydrogen) atoms. The van der Waals surface area contributed by atoms with Crippen LogP contribution in [0.3, 0.4) is 0 Å². The molecule has 0 aliphatic rings. The Morgan fingerprint density at radius 2 is 2.12 bits per heavy atom. The van der Waals surface area contributed by atoms with E-state index in [1.165, 1.54) is 6.07 Å². The van der Waals surface area contributed by atoms with Gasteiger partial charge in [-0.3, -0.25) is 14.3 Å². The average molecular weight is 248 g/mol. The molecule has 0 atom stereocenters. The normalized spacial score (nSPS) is 10.2. The van der Waals surface area contributed by atoms with Crippen LogP contribution in [0, 0.1) is 11.7 Å². The largest absolute Gasteiger partial charge is 0.497 e. The van der Waals surface area contributed by atoms with Gasteiger partial charge in [-0.2, -0.15) is 0 Å². The summed E-state index contributed by atoms with van der Waals surface area (Å²) >= 11 is 5.12. The highest BCUT2D eigenvalue weighted by Crippen LogP contribution is 2.19. The van der Waals surface area contributed by atoms with Crippen molar-refractivity contribution in [3.05, 3.63) is 51.2 Å². The molecule has 0 saturated heterocycles. The third-order valence-corrected chi connectivity index (χ3v) is 2.79. The summed E-state index contributed by atoms with van der Waals surface area (Å²) in [4.78, 5) is 13.7. The number of methoxy groups -OCH3 is 1. The predicted octanol–water partition coefficient (Wildman–Crippen LogP) is 2.21. The lowest BCUT2D eigenvalue weighted by atomic mass is 10.2. The van der Waals surface area contributed by atoms with E-state index < -0.39 is 0 Å². The quantitative estimate of drug-likeness (QED) is 0.829. The summed E-state index contributed by atoms with van der Waals surface area (Å²) in [6.45, 7) is 1.96. The summed E-state index contributed by atoms with van der Waals surface area (Å²) in [5, 5.41) is 0. The second-order valence-corrected chi connectivity index (χ2v) is 4.02. The Balaban J connectivity index is 2.61. The molecule has 1 aromatic heterocycles. The zero-order valence-electron chi connectivity index (χ0n) is 9.56. The second-order valence-electron chi connectivity index (χ2n) is 3.63. The summed E-state index contributed by atoms with van der Waals surface area (Å²) in [7, 11) is 1.63. The van der Waals surface area contributed by atoms with Gasteiger partial charge in [0.15, 0.2) is 4.77 Å². The monoisotopic (exact) mass is 248 g/mol. The van der Waals surface area contributed by atoms with Crippen molar-refractivity contribution in [1.82, 2.24) is 9.55 Å². The number of ether oxygens (including phenoxy) is 1. The zero-order chi connectivity index (χ0) is 12.4. The number of aromatic nitrogens is 2. The van der Waals surface area contributed by atoms with Crippen LogP contribution in [0.1, 0.15) is 5.56 Å². The number of aromatic amines is 1. The van der Waals surface area contributed by atoms with Gasteiger partial charge in [0.1, 0.15) is 5.75 Å². The van der Waals surface area contributed by atoms with E-state index in [0.717, 1.165) is 17.0 Å². The molecule has 0 unspecified atom stereocenters. The molecule has 0 radical (unpaired) electrons. The van der Waals surface area contributed by atoms with E-state index in [1.54, 1.807) is 17.9 Å². The van der Waals surface area contributed by atoms with Crippen LogP contribution in [0.5, 0.6) is 5.75 Å². The molecule has 1 aromatic carbocycles. The fourth-order valence-corrected chi connectivity index (χ4v) is 1.89. The zero-order valence-corrected chi connectivity index (χ0v) is 10.4. The van der Waals surface area contributed by atoms with Crippen LogP contribution >= 0.6 is 12.2 Å². The van der Waals surface area contributed by atoms with Crippen LogP contribution in [-0.2, 0) is 0 Å². The maximum absolute atomic E-state index is 11.1. The van der Waals surface area contributed by atoms with Gasteiger partial charge in [0, 0.05) is 12.3 Å². The lowest BCUT2D eigenvalue weighted by Gasteiger charge is -2.10. The maximum atomic E-state index is 11.1. The molecule has 0 aliphatic heterocycles. The number of nitrogens with zero attached hydrogens (tertiary/aromatic N) is 1. The standard InChI is InChI=1S/C12H12N2O2S/c1-8-7-9(16-2)3-4-10(8)14-6-5-11(15)13-12(14)17/h3-7H,1-2H3,(H,13,15,17). The van der Waals surface area contributed by atoms with Crippen molar-refractivity contribution in [2.75, 3.05) is 7.11 Å². The van der Waals surface area contributed by atoms with E-state index in [4.69, 9.17) is 17.0 Å². The number of benzene rings is 1. The Kier molecular flexibility index (Phi) is 3.10. The van der Waals surface area contributed by atoms with Crippen molar-refractivity contribution in [3.8, 4) is 11.4 Å². The number of hydrogen-bond donors (Lipinski definition) is 1. The lowest BCUT2D eigenvalue weighted by Crippen LogP contribution is -2.10. The molecule has 0 aliphatic carbocycles. The minimum Gasteiger partial charge on any atom is -0.497 e. The fraction of sp³-hybridized carbons (Fsp3) is 0.167. The second kappa shape index (κ2) is 4.55. The number of aryl methyl sites for hydroxylation is 1. The molecule has 0 amide bonds. The summed E-state index contributed by atoms with van der Waals surface area (Å²) in [6, 6.07) is 7.12. The van der Waals surface area contributed by atoms with Crippen molar-refractivity contribution in [2.24, 2.45) is 0 Å². The Bertz CT molecular complexity index is 658. The van der Waals surface area contributed by atoms with Crippen LogP contribution < -0.4 is 10.3 Å². The summed E-state index contributed by atoms with van der Waals surface area (Å²) in [6.07, 6.45) is 1.66. The first-order chi connectivity index (χ1) is 8.11. The Morgan fingerprint density at radius 1 is 1.35 bits per heavy atom. The Hall–Kier alpha value is -1.88. The van der Waals surface area contributed by atoms with E-state index in [-0.39, 0.29) is 5.56 Å². The fourth-order valence-electron chi connectivity index (χ4n) is 1.63. The first kappa shape index (κ1) is 11.6. The van der Waals surface area contributed by atoms with Crippen LogP contribution in [0.2, 0.25) is 0 Å². The van der Waals surface area contributed by atoms with Gasteiger partial charge in [-0.05, 0) is 42.9 Å². The molecule has 1 N–H and O–H groups in total. The molecule has 0 spiro atoms. The highest BCUT2D eigenvalue weighted by molar-refractivity contribution is 7.71. The Labute approximate surface area is 104 Å². The van der Waals surface area contributed by atoms with Gasteiger partial charge in [0.25, 0.3) is 5.56 Å². The van der Waals surface area contributed by atoms with Gasteiger partial charge < -0.3 is 4.74 Å². The van der Waals surface area contributed by atoms with E-state index >= 15 is 0 Å². The van der Waals surface area contributed by atoms with Crippen molar-refractivity contribution in [1.29, 1.82) is 0 Å². The van der Waals surface area contributed by atoms with Gasteiger partial charge >= 0.3 is 0 Å². The summed E-state index contributed by atoms with van der Waals surface area (Å²) < 4.78 is 7.28. The van der Waals surface area contributed by atoms with Crippen LogP contribution in [-0.4, -0.2) is 16.7 Å². The molecule has 2 rings (SSSR count). The van der Waals surface area contributed by atoms with Gasteiger partial charge in [-0.15, -0.1) is 0 Å². The number of nitrogens with one attached hydrogen (secondary N) is 1. The molecule has 88 valence electrons. The van der Waals surface area contributed by atoms with Gasteiger partial charge in [-0.1, -0.05) is 0 Å². The molecule has 0 bridgehead atoms.